The van der Waals surface area contributed by atoms with Crippen molar-refractivity contribution in [3.05, 3.63) is 30.3 Å². The number of nitrogens with one attached hydrogen (secondary N) is 1. The zero-order chi connectivity index (χ0) is 16.2. The summed E-state index contributed by atoms with van der Waals surface area (Å²) >= 11 is 0. The van der Waals surface area contributed by atoms with Crippen LogP contribution in [0.5, 0.6) is 0 Å². The summed E-state index contributed by atoms with van der Waals surface area (Å²) in [5, 5.41) is 32.1. The van der Waals surface area contributed by atoms with Crippen molar-refractivity contribution < 1.29 is 23.7 Å². The Morgan fingerprint density at radius 3 is 2.64 bits per heavy atom. The Kier molecular flexibility index (Phi) is 5.54. The summed E-state index contributed by atoms with van der Waals surface area (Å²) in [4.78, 5) is 0.139. The molecule has 22 heavy (non-hydrogen) atoms. The standard InChI is InChI=1S/C14H22N2O5S/c17-8-4-7-15-10-14(19)11-16(9-13(14)18)22(20,21)12-5-2-1-3-6-12/h1-3,5-6,13,15,17-19H,4,7-11H2/t13-,14+/m1/s1. The minimum Gasteiger partial charge on any atom is -0.396 e. The predicted molar refractivity (Wildman–Crippen MR) is 80.7 cm³/mol. The molecule has 124 valence electrons. The third-order valence-corrected chi connectivity index (χ3v) is 5.60. The second kappa shape index (κ2) is 7.03. The molecule has 0 aliphatic carbocycles. The van der Waals surface area contributed by atoms with Crippen LogP contribution in [0.2, 0.25) is 0 Å². The molecule has 7 nitrogen and oxygen atoms in total. The van der Waals surface area contributed by atoms with Gasteiger partial charge in [-0.15, -0.1) is 0 Å². The van der Waals surface area contributed by atoms with Crippen molar-refractivity contribution in [3.63, 3.8) is 0 Å². The minimum absolute atomic E-state index is 0.0303. The molecular weight excluding hydrogens is 308 g/mol. The Labute approximate surface area is 130 Å². The van der Waals surface area contributed by atoms with Crippen LogP contribution in [0.1, 0.15) is 6.42 Å². The van der Waals surface area contributed by atoms with Crippen LogP contribution in [0.25, 0.3) is 0 Å². The number of aliphatic hydroxyl groups is 3. The van der Waals surface area contributed by atoms with Crippen molar-refractivity contribution in [1.29, 1.82) is 0 Å². The molecule has 1 aromatic rings. The normalized spacial score (nSPS) is 26.4. The third kappa shape index (κ3) is 3.65. The van der Waals surface area contributed by atoms with Gasteiger partial charge in [0.05, 0.1) is 11.0 Å². The molecule has 2 rings (SSSR count). The van der Waals surface area contributed by atoms with E-state index < -0.39 is 21.7 Å². The topological polar surface area (TPSA) is 110 Å². The van der Waals surface area contributed by atoms with E-state index in [1.807, 2.05) is 0 Å². The lowest BCUT2D eigenvalue weighted by molar-refractivity contribution is -0.0382. The summed E-state index contributed by atoms with van der Waals surface area (Å²) in [6.07, 6.45) is -0.634. The molecule has 0 aromatic heterocycles. The Morgan fingerprint density at radius 1 is 1.32 bits per heavy atom. The number of hydrogen-bond acceptors (Lipinski definition) is 6. The van der Waals surface area contributed by atoms with Crippen molar-refractivity contribution in [2.75, 3.05) is 32.8 Å². The molecule has 1 aromatic carbocycles. The number of aliphatic hydroxyl groups excluding tert-OH is 2. The van der Waals surface area contributed by atoms with Gasteiger partial charge in [0.25, 0.3) is 0 Å². The van der Waals surface area contributed by atoms with Gasteiger partial charge >= 0.3 is 0 Å². The lowest BCUT2D eigenvalue weighted by atomic mass is 10.0. The van der Waals surface area contributed by atoms with Gasteiger partial charge in [-0.3, -0.25) is 0 Å². The van der Waals surface area contributed by atoms with E-state index in [2.05, 4.69) is 5.32 Å². The van der Waals surface area contributed by atoms with Gasteiger partial charge in [0.2, 0.25) is 10.0 Å². The first-order valence-electron chi connectivity index (χ1n) is 7.17. The zero-order valence-corrected chi connectivity index (χ0v) is 13.0. The Morgan fingerprint density at radius 2 is 2.00 bits per heavy atom. The average molecular weight is 330 g/mol. The highest BCUT2D eigenvalue weighted by atomic mass is 32.2. The molecule has 0 amide bonds. The highest BCUT2D eigenvalue weighted by Crippen LogP contribution is 2.27. The Hall–Kier alpha value is -1.03. The van der Waals surface area contributed by atoms with Gasteiger partial charge in [0.15, 0.2) is 0 Å². The molecule has 1 aliphatic heterocycles. The van der Waals surface area contributed by atoms with Gasteiger partial charge in [-0.25, -0.2) is 8.42 Å². The van der Waals surface area contributed by atoms with E-state index in [1.54, 1.807) is 18.2 Å². The molecule has 4 N–H and O–H groups in total. The average Bonchev–Trinajstić information content (AvgIpc) is 2.81. The quantitative estimate of drug-likeness (QED) is 0.465. The molecule has 0 spiro atoms. The van der Waals surface area contributed by atoms with E-state index in [4.69, 9.17) is 5.11 Å². The van der Waals surface area contributed by atoms with Gasteiger partial charge < -0.3 is 20.6 Å². The van der Waals surface area contributed by atoms with Gasteiger partial charge in [0, 0.05) is 26.2 Å². The van der Waals surface area contributed by atoms with Crippen molar-refractivity contribution >= 4 is 10.0 Å². The van der Waals surface area contributed by atoms with E-state index in [9.17, 15) is 18.6 Å². The molecular formula is C14H22N2O5S. The molecule has 8 heteroatoms. The second-order valence-electron chi connectivity index (χ2n) is 5.48. The van der Waals surface area contributed by atoms with Crippen LogP contribution in [0, 0.1) is 0 Å². The lowest BCUT2D eigenvalue weighted by Gasteiger charge is -2.26. The van der Waals surface area contributed by atoms with Crippen molar-refractivity contribution in [1.82, 2.24) is 9.62 Å². The van der Waals surface area contributed by atoms with Gasteiger partial charge in [0.1, 0.15) is 5.60 Å². The summed E-state index contributed by atoms with van der Waals surface area (Å²) < 4.78 is 26.1. The maximum Gasteiger partial charge on any atom is 0.243 e. The fourth-order valence-corrected chi connectivity index (χ4v) is 3.98. The maximum absolute atomic E-state index is 12.5. The lowest BCUT2D eigenvalue weighted by Crippen LogP contribution is -2.50. The summed E-state index contributed by atoms with van der Waals surface area (Å²) in [5.74, 6) is 0. The highest BCUT2D eigenvalue weighted by molar-refractivity contribution is 7.89. The summed E-state index contributed by atoms with van der Waals surface area (Å²) in [6.45, 7) is 0.265. The van der Waals surface area contributed by atoms with Crippen LogP contribution in [-0.2, 0) is 10.0 Å². The molecule has 1 aliphatic rings. The minimum atomic E-state index is -3.73. The van der Waals surface area contributed by atoms with E-state index in [0.717, 1.165) is 4.31 Å². The first-order chi connectivity index (χ1) is 10.4. The Balaban J connectivity index is 2.06. The van der Waals surface area contributed by atoms with E-state index in [-0.39, 0.29) is 31.1 Å². The summed E-state index contributed by atoms with van der Waals surface area (Å²) in [6, 6.07) is 7.94. The number of benzene rings is 1. The summed E-state index contributed by atoms with van der Waals surface area (Å²) in [7, 11) is -3.73. The fourth-order valence-electron chi connectivity index (χ4n) is 2.45. The monoisotopic (exact) mass is 330 g/mol. The number of β-amino-alcohol motifs (C(OH)–C–C–N with tert-alkyl or cyclic N) is 2. The van der Waals surface area contributed by atoms with Crippen LogP contribution in [0.15, 0.2) is 35.2 Å². The van der Waals surface area contributed by atoms with Crippen LogP contribution in [0.4, 0.5) is 0 Å². The second-order valence-corrected chi connectivity index (χ2v) is 7.42. The molecule has 0 radical (unpaired) electrons. The van der Waals surface area contributed by atoms with E-state index in [0.29, 0.717) is 13.0 Å². The smallest absolute Gasteiger partial charge is 0.243 e. The van der Waals surface area contributed by atoms with Crippen molar-refractivity contribution in [2.24, 2.45) is 0 Å². The number of rotatable bonds is 7. The van der Waals surface area contributed by atoms with E-state index in [1.165, 1.54) is 12.1 Å². The number of hydrogen-bond donors (Lipinski definition) is 4. The zero-order valence-electron chi connectivity index (χ0n) is 12.2. The SMILES string of the molecule is O=S(=O)(c1ccccc1)N1C[C@@H](O)[C@](O)(CNCCCO)C1. The molecule has 0 bridgehead atoms. The number of sulfonamides is 1. The molecule has 1 saturated heterocycles. The van der Waals surface area contributed by atoms with Gasteiger partial charge in [-0.1, -0.05) is 18.2 Å². The van der Waals surface area contributed by atoms with Gasteiger partial charge in [-0.05, 0) is 25.1 Å². The van der Waals surface area contributed by atoms with Crippen molar-refractivity contribution in [2.45, 2.75) is 23.0 Å². The van der Waals surface area contributed by atoms with Crippen LogP contribution in [-0.4, -0.2) is 72.5 Å². The largest absolute Gasteiger partial charge is 0.396 e. The first-order valence-corrected chi connectivity index (χ1v) is 8.61. The molecule has 0 saturated carbocycles. The van der Waals surface area contributed by atoms with Gasteiger partial charge in [-0.2, -0.15) is 4.31 Å². The third-order valence-electron chi connectivity index (χ3n) is 3.77. The predicted octanol–water partition coefficient (Wildman–Crippen LogP) is -1.25. The molecule has 2 atom stereocenters. The van der Waals surface area contributed by atoms with Crippen LogP contribution < -0.4 is 5.32 Å². The van der Waals surface area contributed by atoms with E-state index >= 15 is 0 Å². The number of nitrogens with zero attached hydrogens (tertiary/aromatic N) is 1. The summed E-state index contributed by atoms with van der Waals surface area (Å²) in [5.41, 5.74) is -1.53. The highest BCUT2D eigenvalue weighted by Gasteiger charge is 2.48. The molecule has 0 unspecified atom stereocenters. The van der Waals surface area contributed by atoms with Crippen LogP contribution in [0.3, 0.4) is 0 Å². The maximum atomic E-state index is 12.5. The van der Waals surface area contributed by atoms with Crippen LogP contribution >= 0.6 is 0 Å². The molecule has 1 heterocycles. The Bertz CT molecular complexity index is 580. The fraction of sp³-hybridized carbons (Fsp3) is 0.571. The molecule has 1 fully saturated rings. The first kappa shape index (κ1) is 17.3. The van der Waals surface area contributed by atoms with Crippen molar-refractivity contribution in [3.8, 4) is 0 Å².